The van der Waals surface area contributed by atoms with Gasteiger partial charge in [-0.2, -0.15) is 0 Å². The first-order valence-corrected chi connectivity index (χ1v) is 7.54. The lowest BCUT2D eigenvalue weighted by molar-refractivity contribution is 0.413. The molecule has 4 heteroatoms. The van der Waals surface area contributed by atoms with E-state index in [4.69, 9.17) is 10.5 Å². The fourth-order valence-corrected chi connectivity index (χ4v) is 2.25. The molecule has 1 atom stereocenters. The van der Waals surface area contributed by atoms with Crippen LogP contribution in [0.1, 0.15) is 26.7 Å². The maximum absolute atomic E-state index is 6.02. The van der Waals surface area contributed by atoms with Gasteiger partial charge in [-0.3, -0.25) is 4.99 Å². The van der Waals surface area contributed by atoms with Crippen molar-refractivity contribution in [3.05, 3.63) is 47.9 Å². The van der Waals surface area contributed by atoms with Crippen molar-refractivity contribution < 1.29 is 4.74 Å². The Balaban J connectivity index is 2.28. The van der Waals surface area contributed by atoms with Crippen molar-refractivity contribution >= 4 is 17.6 Å². The van der Waals surface area contributed by atoms with Gasteiger partial charge >= 0.3 is 0 Å². The lowest BCUT2D eigenvalue weighted by Crippen LogP contribution is -2.11. The van der Waals surface area contributed by atoms with Crippen molar-refractivity contribution in [1.29, 1.82) is 0 Å². The second-order valence-corrected chi connectivity index (χ2v) is 5.35. The van der Waals surface area contributed by atoms with Crippen molar-refractivity contribution in [3.8, 4) is 5.75 Å². The van der Waals surface area contributed by atoms with E-state index >= 15 is 0 Å². The molecule has 0 saturated heterocycles. The Kier molecular flexibility index (Phi) is 5.53. The van der Waals surface area contributed by atoms with Gasteiger partial charge in [0.2, 0.25) is 0 Å². The summed E-state index contributed by atoms with van der Waals surface area (Å²) < 4.78 is 6.02. The molecule has 0 saturated carbocycles. The van der Waals surface area contributed by atoms with Gasteiger partial charge < -0.3 is 15.5 Å². The van der Waals surface area contributed by atoms with E-state index in [2.05, 4.69) is 23.8 Å². The normalized spacial score (nSPS) is 16.6. The average Bonchev–Trinajstić information content (AvgIpc) is 2.70. The second-order valence-electron chi connectivity index (χ2n) is 5.35. The van der Waals surface area contributed by atoms with Gasteiger partial charge in [0.15, 0.2) is 0 Å². The summed E-state index contributed by atoms with van der Waals surface area (Å²) in [5, 5.41) is 0. The number of nitrogen functional groups attached to an aromatic ring is 1. The number of rotatable bonds is 5. The molecule has 1 heterocycles. The van der Waals surface area contributed by atoms with Crippen LogP contribution in [0.4, 0.5) is 5.69 Å². The van der Waals surface area contributed by atoms with E-state index in [9.17, 15) is 0 Å². The Bertz CT molecular complexity index is 641. The van der Waals surface area contributed by atoms with Gasteiger partial charge in [0.05, 0.1) is 5.71 Å². The van der Waals surface area contributed by atoms with E-state index in [1.165, 1.54) is 5.57 Å². The van der Waals surface area contributed by atoms with Crippen LogP contribution in [0, 0.1) is 5.92 Å². The van der Waals surface area contributed by atoms with E-state index in [1.54, 1.807) is 7.05 Å². The van der Waals surface area contributed by atoms with Gasteiger partial charge in [-0.1, -0.05) is 19.9 Å². The molecule has 0 radical (unpaired) electrons. The summed E-state index contributed by atoms with van der Waals surface area (Å²) >= 11 is 0. The van der Waals surface area contributed by atoms with Crippen LogP contribution >= 0.6 is 0 Å². The number of benzene rings is 1. The molecule has 1 aliphatic heterocycles. The fraction of sp³-hybridized carbons (Fsp3) is 0.333. The van der Waals surface area contributed by atoms with Crippen LogP contribution in [-0.2, 0) is 0 Å². The minimum atomic E-state index is 0.150. The van der Waals surface area contributed by atoms with Gasteiger partial charge in [-0.15, -0.1) is 0 Å². The highest BCUT2D eigenvalue weighted by Crippen LogP contribution is 2.24. The van der Waals surface area contributed by atoms with E-state index in [-0.39, 0.29) is 5.92 Å². The number of hydrogen-bond acceptors (Lipinski definition) is 4. The zero-order valence-corrected chi connectivity index (χ0v) is 13.4. The Morgan fingerprint density at radius 3 is 2.95 bits per heavy atom. The van der Waals surface area contributed by atoms with Gasteiger partial charge in [0.1, 0.15) is 11.5 Å². The van der Waals surface area contributed by atoms with Crippen LogP contribution in [0.15, 0.2) is 57.9 Å². The molecule has 1 aliphatic rings. The van der Waals surface area contributed by atoms with Gasteiger partial charge in [0.25, 0.3) is 0 Å². The third-order valence-corrected chi connectivity index (χ3v) is 3.51. The molecule has 0 bridgehead atoms. The summed E-state index contributed by atoms with van der Waals surface area (Å²) in [5.41, 5.74) is 8.70. The van der Waals surface area contributed by atoms with Crippen LogP contribution < -0.4 is 10.5 Å². The third-order valence-electron chi connectivity index (χ3n) is 3.51. The monoisotopic (exact) mass is 297 g/mol. The largest absolute Gasteiger partial charge is 0.461 e. The topological polar surface area (TPSA) is 60.0 Å². The number of ether oxygens (including phenoxy) is 1. The zero-order chi connectivity index (χ0) is 15.9. The lowest BCUT2D eigenvalue weighted by atomic mass is 10.1. The molecular weight excluding hydrogens is 274 g/mol. The van der Waals surface area contributed by atoms with Gasteiger partial charge in [-0.25, -0.2) is 0 Å². The highest BCUT2D eigenvalue weighted by Gasteiger charge is 2.13. The average molecular weight is 297 g/mol. The smallest absolute Gasteiger partial charge is 0.129 e. The first-order chi connectivity index (χ1) is 10.6. The predicted octanol–water partition coefficient (Wildman–Crippen LogP) is 4.01. The SMILES string of the molecule is CCC1=CN=C(C(C)C=NC)C=C(Oc2cccc(N)c2)C1. The highest BCUT2D eigenvalue weighted by atomic mass is 16.5. The van der Waals surface area contributed by atoms with E-state index < -0.39 is 0 Å². The standard InChI is InChI=1S/C18H23N3O/c1-4-14-8-17(22-16-7-5-6-15(19)9-16)10-18(21-12-14)13(2)11-20-3/h5-7,9-13H,4,8,19H2,1-3H3. The fourth-order valence-electron chi connectivity index (χ4n) is 2.25. The Morgan fingerprint density at radius 1 is 1.45 bits per heavy atom. The Hall–Kier alpha value is -2.36. The summed E-state index contributed by atoms with van der Waals surface area (Å²) in [6, 6.07) is 7.47. The summed E-state index contributed by atoms with van der Waals surface area (Å²) in [4.78, 5) is 8.67. The molecular formula is C18H23N3O. The summed E-state index contributed by atoms with van der Waals surface area (Å²) in [7, 11) is 1.77. The number of nitrogens with two attached hydrogens (primary N) is 1. The molecule has 1 aromatic carbocycles. The summed E-state index contributed by atoms with van der Waals surface area (Å²) in [6.45, 7) is 4.20. The van der Waals surface area contributed by atoms with E-state index in [0.29, 0.717) is 5.69 Å². The Labute approximate surface area is 132 Å². The van der Waals surface area contributed by atoms with Crippen LogP contribution in [0.25, 0.3) is 0 Å². The first kappa shape index (κ1) is 16.0. The van der Waals surface area contributed by atoms with Gasteiger partial charge in [0, 0.05) is 43.6 Å². The maximum atomic E-state index is 6.02. The molecule has 4 nitrogen and oxygen atoms in total. The van der Waals surface area contributed by atoms with Crippen molar-refractivity contribution in [2.45, 2.75) is 26.7 Å². The van der Waals surface area contributed by atoms with Crippen molar-refractivity contribution in [2.24, 2.45) is 15.9 Å². The van der Waals surface area contributed by atoms with Crippen molar-refractivity contribution in [1.82, 2.24) is 0 Å². The molecule has 1 unspecified atom stereocenters. The first-order valence-electron chi connectivity index (χ1n) is 7.54. The molecule has 116 valence electrons. The molecule has 0 aromatic heterocycles. The highest BCUT2D eigenvalue weighted by molar-refractivity contribution is 6.06. The predicted molar refractivity (Wildman–Crippen MR) is 93.6 cm³/mol. The van der Waals surface area contributed by atoms with Crippen molar-refractivity contribution in [2.75, 3.05) is 12.8 Å². The van der Waals surface area contributed by atoms with Crippen LogP contribution in [-0.4, -0.2) is 19.0 Å². The molecule has 0 fully saturated rings. The quantitative estimate of drug-likeness (QED) is 0.659. The molecule has 1 aromatic rings. The number of anilines is 1. The number of allylic oxidation sites excluding steroid dienone is 2. The van der Waals surface area contributed by atoms with E-state index in [1.807, 2.05) is 42.8 Å². The molecule has 0 aliphatic carbocycles. The maximum Gasteiger partial charge on any atom is 0.129 e. The van der Waals surface area contributed by atoms with Gasteiger partial charge in [-0.05, 0) is 30.2 Å². The number of hydrogen-bond donors (Lipinski definition) is 1. The lowest BCUT2D eigenvalue weighted by Gasteiger charge is -2.12. The van der Waals surface area contributed by atoms with Crippen molar-refractivity contribution in [3.63, 3.8) is 0 Å². The molecule has 2 N–H and O–H groups in total. The molecule has 0 spiro atoms. The number of nitrogens with zero attached hydrogens (tertiary/aromatic N) is 2. The van der Waals surface area contributed by atoms with Crippen LogP contribution in [0.5, 0.6) is 5.75 Å². The number of aliphatic imine (C=N–C) groups is 2. The van der Waals surface area contributed by atoms with Crippen LogP contribution in [0.2, 0.25) is 0 Å². The zero-order valence-electron chi connectivity index (χ0n) is 13.4. The van der Waals surface area contributed by atoms with E-state index in [0.717, 1.165) is 30.1 Å². The molecule has 22 heavy (non-hydrogen) atoms. The second kappa shape index (κ2) is 7.59. The molecule has 0 amide bonds. The molecule has 2 rings (SSSR count). The third kappa shape index (κ3) is 4.32. The summed E-state index contributed by atoms with van der Waals surface area (Å²) in [5.74, 6) is 1.78. The Morgan fingerprint density at radius 2 is 2.27 bits per heavy atom. The minimum Gasteiger partial charge on any atom is -0.461 e. The minimum absolute atomic E-state index is 0.150. The van der Waals surface area contributed by atoms with Crippen LogP contribution in [0.3, 0.4) is 0 Å². The summed E-state index contributed by atoms with van der Waals surface area (Å²) in [6.07, 6.45) is 7.55.